The van der Waals surface area contributed by atoms with E-state index in [0.29, 0.717) is 5.92 Å². The van der Waals surface area contributed by atoms with Gasteiger partial charge in [-0.05, 0) is 98.1 Å². The summed E-state index contributed by atoms with van der Waals surface area (Å²) in [6, 6.07) is 2.41. The van der Waals surface area contributed by atoms with Crippen molar-refractivity contribution in [3.05, 3.63) is 82.0 Å². The predicted octanol–water partition coefficient (Wildman–Crippen LogP) is 8.66. The zero-order valence-corrected chi connectivity index (χ0v) is 19.5. The molecular formula is C29H40. The average molecular weight is 389 g/mol. The summed E-state index contributed by atoms with van der Waals surface area (Å²) in [5.74, 6) is 1.43. The third-order valence-corrected chi connectivity index (χ3v) is 6.26. The van der Waals surface area contributed by atoms with E-state index in [1.54, 1.807) is 11.1 Å². The summed E-state index contributed by atoms with van der Waals surface area (Å²) < 4.78 is 0. The number of benzene rings is 1. The molecule has 0 bridgehead atoms. The van der Waals surface area contributed by atoms with Crippen LogP contribution in [0.15, 0.2) is 54.2 Å². The quantitative estimate of drug-likeness (QED) is 0.410. The summed E-state index contributed by atoms with van der Waals surface area (Å²) in [5, 5.41) is 0. The van der Waals surface area contributed by atoms with Gasteiger partial charge in [-0.2, -0.15) is 0 Å². The first kappa shape index (κ1) is 23.2. The van der Waals surface area contributed by atoms with Crippen LogP contribution in [-0.2, 0) is 12.8 Å². The van der Waals surface area contributed by atoms with E-state index in [0.717, 1.165) is 18.8 Å². The van der Waals surface area contributed by atoms with Gasteiger partial charge in [0.1, 0.15) is 0 Å². The molecule has 0 radical (unpaired) electrons. The van der Waals surface area contributed by atoms with Gasteiger partial charge in [-0.3, -0.25) is 0 Å². The van der Waals surface area contributed by atoms with E-state index in [9.17, 15) is 0 Å². The van der Waals surface area contributed by atoms with Crippen LogP contribution in [0, 0.1) is 18.8 Å². The number of rotatable bonds is 7. The summed E-state index contributed by atoms with van der Waals surface area (Å²) in [6.07, 6.45) is 21.7. The Morgan fingerprint density at radius 2 is 1.83 bits per heavy atom. The molecule has 0 aliphatic heterocycles. The first-order valence-corrected chi connectivity index (χ1v) is 11.6. The van der Waals surface area contributed by atoms with Crippen molar-refractivity contribution in [2.75, 3.05) is 0 Å². The zero-order chi connectivity index (χ0) is 21.4. The standard InChI is InChI=1S/C27H34.C2H6/c1-6-10-11-12-20(7-2)24-16-25-15-22(9-4)26(19(5)27(25)18-24)17-21(8-3)23-13-14-23;1-2/h6-7,9-12,15,17,23-24H,4,8,13-14,16,18H2,1-3,5H3;1-2H3/b10-6+,12-11-,20-7+,21-17+;. The highest BCUT2D eigenvalue weighted by atomic mass is 14.3. The molecule has 3 rings (SSSR count). The molecule has 0 nitrogen and oxygen atoms in total. The molecular weight excluding hydrogens is 348 g/mol. The monoisotopic (exact) mass is 388 g/mol. The summed E-state index contributed by atoms with van der Waals surface area (Å²) >= 11 is 0. The third kappa shape index (κ3) is 5.50. The van der Waals surface area contributed by atoms with Crippen LogP contribution < -0.4 is 0 Å². The van der Waals surface area contributed by atoms with E-state index in [-0.39, 0.29) is 0 Å². The second-order valence-electron chi connectivity index (χ2n) is 7.97. The fraction of sp³-hybridized carbons (Fsp3) is 0.448. The first-order chi connectivity index (χ1) is 14.1. The van der Waals surface area contributed by atoms with Gasteiger partial charge in [0.05, 0.1) is 0 Å². The molecule has 2 aliphatic carbocycles. The largest absolute Gasteiger partial charge is 0.0984 e. The zero-order valence-electron chi connectivity index (χ0n) is 19.5. The fourth-order valence-electron chi connectivity index (χ4n) is 4.51. The molecule has 29 heavy (non-hydrogen) atoms. The van der Waals surface area contributed by atoms with Crippen molar-refractivity contribution in [2.45, 2.75) is 73.6 Å². The second-order valence-corrected chi connectivity index (χ2v) is 7.97. The van der Waals surface area contributed by atoms with Crippen molar-refractivity contribution in [2.24, 2.45) is 11.8 Å². The lowest BCUT2D eigenvalue weighted by molar-refractivity contribution is 0.672. The normalized spacial score (nSPS) is 19.4. The Labute approximate surface area is 179 Å². The molecule has 0 N–H and O–H groups in total. The molecule has 0 aromatic heterocycles. The lowest BCUT2D eigenvalue weighted by Crippen LogP contribution is -2.02. The molecule has 1 aromatic carbocycles. The third-order valence-electron chi connectivity index (χ3n) is 6.26. The van der Waals surface area contributed by atoms with Gasteiger partial charge in [-0.1, -0.05) is 81.5 Å². The van der Waals surface area contributed by atoms with Crippen molar-refractivity contribution in [3.63, 3.8) is 0 Å². The first-order valence-electron chi connectivity index (χ1n) is 11.6. The van der Waals surface area contributed by atoms with Crippen molar-refractivity contribution in [1.29, 1.82) is 0 Å². The van der Waals surface area contributed by atoms with E-state index in [2.05, 4.69) is 82.9 Å². The number of fused-ring (bicyclic) bond motifs is 1. The molecule has 0 heterocycles. The maximum atomic E-state index is 4.11. The highest BCUT2D eigenvalue weighted by Gasteiger charge is 2.28. The predicted molar refractivity (Wildman–Crippen MR) is 132 cm³/mol. The molecule has 0 saturated heterocycles. The minimum absolute atomic E-state index is 0.594. The molecule has 0 heteroatoms. The molecule has 1 saturated carbocycles. The summed E-state index contributed by atoms with van der Waals surface area (Å²) in [6.45, 7) is 17.0. The van der Waals surface area contributed by atoms with E-state index in [1.165, 1.54) is 47.1 Å². The van der Waals surface area contributed by atoms with Gasteiger partial charge in [0.2, 0.25) is 0 Å². The molecule has 1 fully saturated rings. The van der Waals surface area contributed by atoms with E-state index in [4.69, 9.17) is 0 Å². The van der Waals surface area contributed by atoms with E-state index in [1.807, 2.05) is 13.8 Å². The van der Waals surface area contributed by atoms with Crippen LogP contribution in [0.1, 0.15) is 81.7 Å². The van der Waals surface area contributed by atoms with Gasteiger partial charge in [-0.25, -0.2) is 0 Å². The maximum Gasteiger partial charge on any atom is -0.00840 e. The Bertz CT molecular complexity index is 822. The lowest BCUT2D eigenvalue weighted by Gasteiger charge is -2.14. The summed E-state index contributed by atoms with van der Waals surface area (Å²) in [5.41, 5.74) is 10.4. The Morgan fingerprint density at radius 1 is 1.10 bits per heavy atom. The second kappa shape index (κ2) is 11.2. The average Bonchev–Trinajstić information content (AvgIpc) is 3.50. The van der Waals surface area contributed by atoms with Gasteiger partial charge in [0.15, 0.2) is 0 Å². The van der Waals surface area contributed by atoms with Crippen LogP contribution in [0.4, 0.5) is 0 Å². The fourth-order valence-corrected chi connectivity index (χ4v) is 4.51. The Kier molecular flexibility index (Phi) is 8.96. The number of hydrogen-bond donors (Lipinski definition) is 0. The van der Waals surface area contributed by atoms with Gasteiger partial charge in [0.25, 0.3) is 0 Å². The van der Waals surface area contributed by atoms with Crippen molar-refractivity contribution in [1.82, 2.24) is 0 Å². The number of allylic oxidation sites excluding steroid dienone is 7. The van der Waals surface area contributed by atoms with Crippen LogP contribution >= 0.6 is 0 Å². The summed E-state index contributed by atoms with van der Waals surface area (Å²) in [7, 11) is 0. The van der Waals surface area contributed by atoms with Crippen LogP contribution in [0.3, 0.4) is 0 Å². The van der Waals surface area contributed by atoms with E-state index >= 15 is 0 Å². The SMILES string of the molecule is C=Cc1cc2c(c(C)c1/C=C(\CC)C1CC1)CC(C(/C=C\C=C\C)=C/C)C2.CC. The molecule has 1 atom stereocenters. The Morgan fingerprint density at radius 3 is 2.38 bits per heavy atom. The minimum Gasteiger partial charge on any atom is -0.0984 e. The molecule has 1 aromatic rings. The highest BCUT2D eigenvalue weighted by molar-refractivity contribution is 5.72. The van der Waals surface area contributed by atoms with Gasteiger partial charge < -0.3 is 0 Å². The molecule has 0 spiro atoms. The molecule has 1 unspecified atom stereocenters. The molecule has 0 amide bonds. The molecule has 2 aliphatic rings. The van der Waals surface area contributed by atoms with Crippen LogP contribution in [-0.4, -0.2) is 0 Å². The van der Waals surface area contributed by atoms with Gasteiger partial charge >= 0.3 is 0 Å². The lowest BCUT2D eigenvalue weighted by atomic mass is 9.91. The number of hydrogen-bond acceptors (Lipinski definition) is 0. The van der Waals surface area contributed by atoms with E-state index < -0.39 is 0 Å². The Balaban J connectivity index is 0.00000145. The minimum atomic E-state index is 0.594. The highest BCUT2D eigenvalue weighted by Crippen LogP contribution is 2.41. The van der Waals surface area contributed by atoms with Gasteiger partial charge in [0, 0.05) is 0 Å². The molecule has 156 valence electrons. The smallest absolute Gasteiger partial charge is 0.00840 e. The van der Waals surface area contributed by atoms with Gasteiger partial charge in [-0.15, -0.1) is 0 Å². The van der Waals surface area contributed by atoms with Crippen molar-refractivity contribution in [3.8, 4) is 0 Å². The topological polar surface area (TPSA) is 0 Å². The van der Waals surface area contributed by atoms with Crippen LogP contribution in [0.25, 0.3) is 12.2 Å². The van der Waals surface area contributed by atoms with Crippen molar-refractivity contribution < 1.29 is 0 Å². The van der Waals surface area contributed by atoms with Crippen LogP contribution in [0.2, 0.25) is 0 Å². The van der Waals surface area contributed by atoms with Crippen LogP contribution in [0.5, 0.6) is 0 Å². The maximum absolute atomic E-state index is 4.11. The Hall–Kier alpha value is -2.08. The summed E-state index contributed by atoms with van der Waals surface area (Å²) in [4.78, 5) is 0. The van der Waals surface area contributed by atoms with Crippen molar-refractivity contribution >= 4 is 12.2 Å².